The molecule has 3 heteroatoms. The van der Waals surface area contributed by atoms with Crippen LogP contribution < -0.4 is 5.46 Å². The van der Waals surface area contributed by atoms with Gasteiger partial charge in [-0.2, -0.15) is 0 Å². The van der Waals surface area contributed by atoms with Gasteiger partial charge in [0.25, 0.3) is 0 Å². The molecule has 2 aliphatic rings. The van der Waals surface area contributed by atoms with E-state index in [2.05, 4.69) is 62.7 Å². The second kappa shape index (κ2) is 6.90. The van der Waals surface area contributed by atoms with Crippen LogP contribution >= 0.6 is 0 Å². The predicted molar refractivity (Wildman–Crippen MR) is 100.0 cm³/mol. The van der Waals surface area contributed by atoms with Crippen molar-refractivity contribution in [2.75, 3.05) is 26.7 Å². The van der Waals surface area contributed by atoms with Crippen LogP contribution in [0.5, 0.6) is 0 Å². The number of benzene rings is 1. The summed E-state index contributed by atoms with van der Waals surface area (Å²) in [5.74, 6) is 0.317. The van der Waals surface area contributed by atoms with Crippen molar-refractivity contribution in [2.24, 2.45) is 0 Å². The molecule has 2 nitrogen and oxygen atoms in total. The standard InChI is InChI=1S/C20H26BNO/c1-5-6-9-16-15(3)21-20-14(2)8-7-10-17(20)19(16)18-13-22(4)11-12-23-18/h5-10,18-19,21H,1,11-13H2,2-4H3/b9-6-. The molecule has 1 aromatic rings. The quantitative estimate of drug-likeness (QED) is 0.628. The van der Waals surface area contributed by atoms with Gasteiger partial charge in [-0.15, -0.1) is 0 Å². The molecule has 0 aromatic heterocycles. The lowest BCUT2D eigenvalue weighted by atomic mass is 9.52. The van der Waals surface area contributed by atoms with Crippen molar-refractivity contribution in [1.29, 1.82) is 0 Å². The number of fused-ring (bicyclic) bond motifs is 1. The smallest absolute Gasteiger partial charge is 0.187 e. The van der Waals surface area contributed by atoms with Crippen LogP contribution in [0.1, 0.15) is 24.0 Å². The fourth-order valence-electron chi connectivity index (χ4n) is 3.89. The molecule has 0 saturated carbocycles. The van der Waals surface area contributed by atoms with Gasteiger partial charge in [-0.1, -0.05) is 66.4 Å². The zero-order chi connectivity index (χ0) is 16.4. The topological polar surface area (TPSA) is 12.5 Å². The Morgan fingerprint density at radius 2 is 2.17 bits per heavy atom. The first kappa shape index (κ1) is 16.3. The molecule has 1 fully saturated rings. The number of morpholine rings is 1. The van der Waals surface area contributed by atoms with E-state index in [0.717, 1.165) is 27.0 Å². The Balaban J connectivity index is 2.08. The van der Waals surface area contributed by atoms with E-state index in [1.807, 2.05) is 6.08 Å². The van der Waals surface area contributed by atoms with Gasteiger partial charge in [0.05, 0.1) is 12.7 Å². The van der Waals surface area contributed by atoms with Crippen molar-refractivity contribution in [3.05, 3.63) is 65.2 Å². The van der Waals surface area contributed by atoms with E-state index in [9.17, 15) is 0 Å². The third kappa shape index (κ3) is 3.22. The summed E-state index contributed by atoms with van der Waals surface area (Å²) in [6.07, 6.45) is 6.36. The summed E-state index contributed by atoms with van der Waals surface area (Å²) >= 11 is 0. The van der Waals surface area contributed by atoms with Crippen LogP contribution in [0.3, 0.4) is 0 Å². The highest BCUT2D eigenvalue weighted by atomic mass is 16.5. The molecule has 0 amide bonds. The summed E-state index contributed by atoms with van der Waals surface area (Å²) in [4.78, 5) is 2.38. The maximum Gasteiger partial charge on any atom is 0.187 e. The Kier molecular flexibility index (Phi) is 4.89. The fraction of sp³-hybridized carbons (Fsp3) is 0.400. The molecule has 2 atom stereocenters. The van der Waals surface area contributed by atoms with Gasteiger partial charge in [-0.25, -0.2) is 0 Å². The van der Waals surface area contributed by atoms with E-state index < -0.39 is 0 Å². The van der Waals surface area contributed by atoms with Crippen molar-refractivity contribution in [1.82, 2.24) is 4.90 Å². The minimum atomic E-state index is 0.217. The summed E-state index contributed by atoms with van der Waals surface area (Å²) in [6.45, 7) is 11.1. The molecular weight excluding hydrogens is 281 g/mol. The van der Waals surface area contributed by atoms with Crippen LogP contribution in [-0.2, 0) is 4.74 Å². The summed E-state index contributed by atoms with van der Waals surface area (Å²) in [5, 5.41) is 0. The molecule has 2 aliphatic heterocycles. The van der Waals surface area contributed by atoms with E-state index in [0.29, 0.717) is 5.92 Å². The summed E-state index contributed by atoms with van der Waals surface area (Å²) in [6, 6.07) is 6.70. The van der Waals surface area contributed by atoms with Gasteiger partial charge in [0.2, 0.25) is 0 Å². The molecule has 120 valence electrons. The molecule has 23 heavy (non-hydrogen) atoms. The van der Waals surface area contributed by atoms with Crippen LogP contribution in [0.15, 0.2) is 54.1 Å². The molecule has 1 aromatic carbocycles. The Hall–Kier alpha value is -1.58. The molecule has 3 rings (SSSR count). The van der Waals surface area contributed by atoms with Crippen molar-refractivity contribution in [3.63, 3.8) is 0 Å². The van der Waals surface area contributed by atoms with Gasteiger partial charge in [0, 0.05) is 19.0 Å². The highest BCUT2D eigenvalue weighted by Crippen LogP contribution is 2.36. The summed E-state index contributed by atoms with van der Waals surface area (Å²) < 4.78 is 6.21. The first-order valence-corrected chi connectivity index (χ1v) is 8.49. The number of nitrogens with zero attached hydrogens (tertiary/aromatic N) is 1. The normalized spacial score (nSPS) is 25.3. The van der Waals surface area contributed by atoms with Crippen LogP contribution in [0.4, 0.5) is 0 Å². The molecule has 0 aliphatic carbocycles. The van der Waals surface area contributed by atoms with Gasteiger partial charge < -0.3 is 9.64 Å². The van der Waals surface area contributed by atoms with Gasteiger partial charge >= 0.3 is 0 Å². The van der Waals surface area contributed by atoms with Crippen LogP contribution in [-0.4, -0.2) is 45.0 Å². The maximum absolute atomic E-state index is 6.21. The summed E-state index contributed by atoms with van der Waals surface area (Å²) in [5.41, 5.74) is 7.18. The van der Waals surface area contributed by atoms with E-state index in [1.165, 1.54) is 27.6 Å². The monoisotopic (exact) mass is 307 g/mol. The zero-order valence-corrected chi connectivity index (χ0v) is 14.5. The zero-order valence-electron chi connectivity index (χ0n) is 14.5. The summed E-state index contributed by atoms with van der Waals surface area (Å²) in [7, 11) is 3.23. The van der Waals surface area contributed by atoms with Crippen molar-refractivity contribution >= 4 is 12.7 Å². The van der Waals surface area contributed by atoms with E-state index >= 15 is 0 Å². The first-order chi connectivity index (χ1) is 11.1. The molecule has 0 N–H and O–H groups in total. The second-order valence-electron chi connectivity index (χ2n) is 6.80. The minimum absolute atomic E-state index is 0.217. The SMILES string of the molecule is C=C/C=C\C1=C(C)Bc2c(C)cccc2C1C1CN(C)CCO1. The average molecular weight is 307 g/mol. The number of hydrogen-bond acceptors (Lipinski definition) is 2. The number of hydrogen-bond donors (Lipinski definition) is 0. The molecule has 0 bridgehead atoms. The molecule has 0 radical (unpaired) electrons. The fourth-order valence-corrected chi connectivity index (χ4v) is 3.89. The largest absolute Gasteiger partial charge is 0.375 e. The molecule has 2 heterocycles. The number of likely N-dealkylation sites (N-methyl/N-ethyl adjacent to an activating group) is 1. The Morgan fingerprint density at radius 1 is 1.35 bits per heavy atom. The first-order valence-electron chi connectivity index (χ1n) is 8.49. The van der Waals surface area contributed by atoms with Gasteiger partial charge in [-0.3, -0.25) is 0 Å². The minimum Gasteiger partial charge on any atom is -0.375 e. The number of ether oxygens (including phenoxy) is 1. The Labute approximate surface area is 140 Å². The maximum atomic E-state index is 6.21. The number of rotatable bonds is 3. The molecule has 1 saturated heterocycles. The highest BCUT2D eigenvalue weighted by Gasteiger charge is 2.35. The lowest BCUT2D eigenvalue weighted by molar-refractivity contribution is -0.0274. The molecular formula is C20H26BNO. The van der Waals surface area contributed by atoms with Crippen LogP contribution in [0, 0.1) is 6.92 Å². The van der Waals surface area contributed by atoms with Gasteiger partial charge in [0.15, 0.2) is 7.28 Å². The third-order valence-corrected chi connectivity index (χ3v) is 5.13. The van der Waals surface area contributed by atoms with Crippen LogP contribution in [0.2, 0.25) is 0 Å². The third-order valence-electron chi connectivity index (χ3n) is 5.13. The lowest BCUT2D eigenvalue weighted by Gasteiger charge is -2.39. The lowest BCUT2D eigenvalue weighted by Crippen LogP contribution is -2.46. The van der Waals surface area contributed by atoms with Gasteiger partial charge in [-0.05, 0) is 25.1 Å². The Bertz CT molecular complexity index is 662. The number of allylic oxidation sites excluding steroid dienone is 4. The number of aryl methyl sites for hydroxylation is 1. The molecule has 2 unspecified atom stereocenters. The van der Waals surface area contributed by atoms with E-state index in [-0.39, 0.29) is 6.10 Å². The van der Waals surface area contributed by atoms with E-state index in [1.54, 1.807) is 0 Å². The van der Waals surface area contributed by atoms with Gasteiger partial charge in [0.1, 0.15) is 0 Å². The highest BCUT2D eigenvalue weighted by molar-refractivity contribution is 6.62. The van der Waals surface area contributed by atoms with Crippen molar-refractivity contribution < 1.29 is 4.74 Å². The average Bonchev–Trinajstić information content (AvgIpc) is 2.53. The van der Waals surface area contributed by atoms with Crippen molar-refractivity contribution in [3.8, 4) is 0 Å². The molecule has 0 spiro atoms. The predicted octanol–water partition coefficient (Wildman–Crippen LogP) is 2.50. The Morgan fingerprint density at radius 3 is 2.91 bits per heavy atom. The second-order valence-corrected chi connectivity index (χ2v) is 6.80. The van der Waals surface area contributed by atoms with E-state index in [4.69, 9.17) is 4.74 Å². The van der Waals surface area contributed by atoms with Crippen LogP contribution in [0.25, 0.3) is 0 Å². The van der Waals surface area contributed by atoms with Crippen molar-refractivity contribution in [2.45, 2.75) is 25.9 Å².